The summed E-state index contributed by atoms with van der Waals surface area (Å²) in [6, 6.07) is 8.84. The Labute approximate surface area is 134 Å². The zero-order valence-electron chi connectivity index (χ0n) is 12.8. The van der Waals surface area contributed by atoms with Crippen LogP contribution in [0.3, 0.4) is 0 Å². The number of aryl methyl sites for hydroxylation is 1. The largest absolute Gasteiger partial charge is 0.433 e. The van der Waals surface area contributed by atoms with Crippen LogP contribution in [0.5, 0.6) is 0 Å². The molecule has 2 heterocycles. The summed E-state index contributed by atoms with van der Waals surface area (Å²) < 4.78 is 41.0. The molecule has 0 bridgehead atoms. The monoisotopic (exact) mass is 333 g/mol. The highest BCUT2D eigenvalue weighted by Crippen LogP contribution is 2.47. The second-order valence-electron chi connectivity index (χ2n) is 6.07. The molecule has 1 aliphatic rings. The first-order chi connectivity index (χ1) is 11.4. The van der Waals surface area contributed by atoms with E-state index in [0.717, 1.165) is 4.52 Å². The van der Waals surface area contributed by atoms with Crippen molar-refractivity contribution in [3.63, 3.8) is 0 Å². The number of aromatic amines is 1. The number of nitrogens with zero attached hydrogens (tertiary/aromatic N) is 2. The van der Waals surface area contributed by atoms with Crippen molar-refractivity contribution in [2.75, 3.05) is 0 Å². The molecule has 1 aliphatic carbocycles. The summed E-state index contributed by atoms with van der Waals surface area (Å²) in [7, 11) is 0. The average Bonchev–Trinajstić information content (AvgIpc) is 3.28. The average molecular weight is 333 g/mol. The van der Waals surface area contributed by atoms with Crippen LogP contribution in [0.25, 0.3) is 16.8 Å². The third-order valence-electron chi connectivity index (χ3n) is 4.33. The molecule has 7 heteroatoms. The Morgan fingerprint density at radius 1 is 1.21 bits per heavy atom. The predicted molar refractivity (Wildman–Crippen MR) is 83.0 cm³/mol. The Balaban J connectivity index is 2.06. The maximum Gasteiger partial charge on any atom is 0.433 e. The minimum Gasteiger partial charge on any atom is -0.285 e. The number of aromatic nitrogens is 3. The van der Waals surface area contributed by atoms with Gasteiger partial charge in [-0.25, -0.2) is 9.50 Å². The van der Waals surface area contributed by atoms with Crippen LogP contribution in [0, 0.1) is 6.92 Å². The molecule has 0 radical (unpaired) electrons. The van der Waals surface area contributed by atoms with Crippen LogP contribution in [-0.2, 0) is 6.18 Å². The SMILES string of the molecule is Cc1nc2c(C3CC3)c(C(F)(F)F)[nH]n2c(=O)c1-c1ccccc1. The Kier molecular flexibility index (Phi) is 3.10. The molecule has 4 rings (SSSR count). The lowest BCUT2D eigenvalue weighted by Crippen LogP contribution is -2.19. The van der Waals surface area contributed by atoms with E-state index in [2.05, 4.69) is 10.1 Å². The minimum atomic E-state index is -4.54. The number of hydrogen-bond donors (Lipinski definition) is 1. The van der Waals surface area contributed by atoms with Crippen LogP contribution in [0.15, 0.2) is 35.1 Å². The van der Waals surface area contributed by atoms with Gasteiger partial charge in [-0.3, -0.25) is 9.89 Å². The zero-order valence-corrected chi connectivity index (χ0v) is 12.8. The van der Waals surface area contributed by atoms with Crippen molar-refractivity contribution in [2.45, 2.75) is 31.9 Å². The molecule has 1 N–H and O–H groups in total. The lowest BCUT2D eigenvalue weighted by atomic mass is 10.1. The van der Waals surface area contributed by atoms with Gasteiger partial charge in [0.05, 0.1) is 11.3 Å². The molecule has 0 atom stereocenters. The maximum absolute atomic E-state index is 13.4. The number of benzene rings is 1. The number of fused-ring (bicyclic) bond motifs is 1. The molecule has 0 unspecified atom stereocenters. The van der Waals surface area contributed by atoms with E-state index in [-0.39, 0.29) is 17.1 Å². The van der Waals surface area contributed by atoms with Gasteiger partial charge in [0.2, 0.25) is 0 Å². The smallest absolute Gasteiger partial charge is 0.285 e. The normalized spacial score (nSPS) is 15.2. The molecular formula is C17H14F3N3O. The van der Waals surface area contributed by atoms with Crippen molar-refractivity contribution in [3.8, 4) is 11.1 Å². The molecular weight excluding hydrogens is 319 g/mol. The van der Waals surface area contributed by atoms with Gasteiger partial charge in [0.25, 0.3) is 5.56 Å². The standard InChI is InChI=1S/C17H14F3N3O/c1-9-12(10-5-3-2-4-6-10)16(24)23-15(21-9)13(11-7-8-11)14(22-23)17(18,19)20/h2-6,11,22H,7-8H2,1H3. The van der Waals surface area contributed by atoms with Crippen molar-refractivity contribution in [1.82, 2.24) is 14.6 Å². The topological polar surface area (TPSA) is 50.2 Å². The first kappa shape index (κ1) is 15.0. The molecule has 1 fully saturated rings. The van der Waals surface area contributed by atoms with Crippen LogP contribution in [0.2, 0.25) is 0 Å². The fourth-order valence-electron chi connectivity index (χ4n) is 3.11. The molecule has 1 saturated carbocycles. The lowest BCUT2D eigenvalue weighted by molar-refractivity contribution is -0.141. The molecule has 3 aromatic rings. The van der Waals surface area contributed by atoms with Crippen molar-refractivity contribution in [1.29, 1.82) is 0 Å². The highest BCUT2D eigenvalue weighted by Gasteiger charge is 2.42. The van der Waals surface area contributed by atoms with Gasteiger partial charge in [0, 0.05) is 5.56 Å². The summed E-state index contributed by atoms with van der Waals surface area (Å²) in [5.41, 5.74) is 0.207. The van der Waals surface area contributed by atoms with E-state index in [0.29, 0.717) is 29.7 Å². The van der Waals surface area contributed by atoms with Crippen LogP contribution in [-0.4, -0.2) is 14.6 Å². The van der Waals surface area contributed by atoms with Crippen LogP contribution in [0.4, 0.5) is 13.2 Å². The van der Waals surface area contributed by atoms with Gasteiger partial charge in [0.15, 0.2) is 5.65 Å². The van der Waals surface area contributed by atoms with E-state index >= 15 is 0 Å². The van der Waals surface area contributed by atoms with Crippen molar-refractivity contribution in [3.05, 3.63) is 57.6 Å². The molecule has 1 aromatic carbocycles. The number of hydrogen-bond acceptors (Lipinski definition) is 2. The fourth-order valence-corrected chi connectivity index (χ4v) is 3.11. The van der Waals surface area contributed by atoms with Crippen molar-refractivity contribution < 1.29 is 13.2 Å². The summed E-state index contributed by atoms with van der Waals surface area (Å²) in [5.74, 6) is -0.184. The summed E-state index contributed by atoms with van der Waals surface area (Å²) >= 11 is 0. The van der Waals surface area contributed by atoms with E-state index in [1.54, 1.807) is 31.2 Å². The van der Waals surface area contributed by atoms with Crippen LogP contribution >= 0.6 is 0 Å². The van der Waals surface area contributed by atoms with E-state index < -0.39 is 17.4 Å². The zero-order chi connectivity index (χ0) is 17.1. The van der Waals surface area contributed by atoms with Gasteiger partial charge in [-0.2, -0.15) is 13.2 Å². The number of rotatable bonds is 2. The van der Waals surface area contributed by atoms with Gasteiger partial charge < -0.3 is 0 Å². The quantitative estimate of drug-likeness (QED) is 0.773. The predicted octanol–water partition coefficient (Wildman–Crippen LogP) is 3.89. The van der Waals surface area contributed by atoms with E-state index in [4.69, 9.17) is 0 Å². The molecule has 2 aromatic heterocycles. The molecule has 0 spiro atoms. The van der Waals surface area contributed by atoms with Crippen LogP contribution in [0.1, 0.15) is 35.7 Å². The Morgan fingerprint density at radius 3 is 2.46 bits per heavy atom. The summed E-state index contributed by atoms with van der Waals surface area (Å²) in [6.07, 6.45) is -3.17. The first-order valence-electron chi connectivity index (χ1n) is 7.65. The fraction of sp³-hybridized carbons (Fsp3) is 0.294. The number of alkyl halides is 3. The number of halogens is 3. The number of nitrogens with one attached hydrogen (secondary N) is 1. The Bertz CT molecular complexity index is 982. The van der Waals surface area contributed by atoms with Crippen molar-refractivity contribution >= 4 is 5.65 Å². The highest BCUT2D eigenvalue weighted by atomic mass is 19.4. The van der Waals surface area contributed by atoms with Gasteiger partial charge in [0.1, 0.15) is 5.69 Å². The molecule has 124 valence electrons. The first-order valence-corrected chi connectivity index (χ1v) is 7.65. The van der Waals surface area contributed by atoms with E-state index in [9.17, 15) is 18.0 Å². The Hall–Kier alpha value is -2.57. The Morgan fingerprint density at radius 2 is 1.88 bits per heavy atom. The second-order valence-corrected chi connectivity index (χ2v) is 6.07. The van der Waals surface area contributed by atoms with Gasteiger partial charge >= 0.3 is 6.18 Å². The third-order valence-corrected chi connectivity index (χ3v) is 4.33. The summed E-state index contributed by atoms with van der Waals surface area (Å²) in [5, 5.41) is 2.25. The van der Waals surface area contributed by atoms with E-state index in [1.807, 2.05) is 6.07 Å². The summed E-state index contributed by atoms with van der Waals surface area (Å²) in [6.45, 7) is 1.65. The van der Waals surface area contributed by atoms with Gasteiger partial charge in [-0.05, 0) is 31.2 Å². The van der Waals surface area contributed by atoms with Gasteiger partial charge in [-0.15, -0.1) is 0 Å². The molecule has 0 saturated heterocycles. The molecule has 0 aliphatic heterocycles. The molecule has 0 amide bonds. The van der Waals surface area contributed by atoms with Crippen LogP contribution < -0.4 is 5.56 Å². The maximum atomic E-state index is 13.4. The molecule has 24 heavy (non-hydrogen) atoms. The molecule has 4 nitrogen and oxygen atoms in total. The third kappa shape index (κ3) is 2.23. The van der Waals surface area contributed by atoms with Crippen molar-refractivity contribution in [2.24, 2.45) is 0 Å². The second kappa shape index (κ2) is 4.96. The lowest BCUT2D eigenvalue weighted by Gasteiger charge is -2.06. The number of H-pyrrole nitrogens is 1. The minimum absolute atomic E-state index is 0.0898. The summed E-state index contributed by atoms with van der Waals surface area (Å²) in [4.78, 5) is 17.1. The highest BCUT2D eigenvalue weighted by molar-refractivity contribution is 5.67. The van der Waals surface area contributed by atoms with Gasteiger partial charge in [-0.1, -0.05) is 30.3 Å². The van der Waals surface area contributed by atoms with E-state index in [1.165, 1.54) is 0 Å².